The number of hydrogen-bond donors (Lipinski definition) is 2. The highest BCUT2D eigenvalue weighted by molar-refractivity contribution is 5.83. The van der Waals surface area contributed by atoms with Crippen LogP contribution in [0.5, 0.6) is 0 Å². The van der Waals surface area contributed by atoms with E-state index in [-0.39, 0.29) is 17.1 Å². The Morgan fingerprint density at radius 2 is 2.17 bits per heavy atom. The number of nitrogens with zero attached hydrogens (tertiary/aromatic N) is 2. The summed E-state index contributed by atoms with van der Waals surface area (Å²) in [5.41, 5.74) is 6.34. The average Bonchev–Trinajstić information content (AvgIpc) is 2.32. The van der Waals surface area contributed by atoms with E-state index >= 15 is 0 Å². The summed E-state index contributed by atoms with van der Waals surface area (Å²) in [4.78, 5) is 6.10. The summed E-state index contributed by atoms with van der Waals surface area (Å²) in [5, 5.41) is 7.60. The number of halogens is 1. The van der Waals surface area contributed by atoms with Gasteiger partial charge < -0.3 is 5.73 Å². The minimum Gasteiger partial charge on any atom is -0.387 e. The van der Waals surface area contributed by atoms with Crippen molar-refractivity contribution in [1.82, 2.24) is 9.88 Å². The van der Waals surface area contributed by atoms with Crippen molar-refractivity contribution in [2.75, 3.05) is 13.1 Å². The van der Waals surface area contributed by atoms with E-state index in [1.165, 1.54) is 12.3 Å². The summed E-state index contributed by atoms with van der Waals surface area (Å²) in [6.07, 6.45) is 4.67. The Labute approximate surface area is 107 Å². The fourth-order valence-corrected chi connectivity index (χ4v) is 2.27. The number of nitrogens with one attached hydrogen (secondary N) is 1. The second-order valence-electron chi connectivity index (χ2n) is 5.26. The van der Waals surface area contributed by atoms with Crippen molar-refractivity contribution >= 4 is 5.84 Å². The first kappa shape index (κ1) is 13.0. The monoisotopic (exact) mass is 250 g/mol. The zero-order valence-corrected chi connectivity index (χ0v) is 10.6. The van der Waals surface area contributed by atoms with E-state index in [0.29, 0.717) is 6.54 Å². The third kappa shape index (κ3) is 2.85. The van der Waals surface area contributed by atoms with Crippen LogP contribution in [0.15, 0.2) is 18.5 Å². The minimum absolute atomic E-state index is 0.170. The number of hydrogen-bond acceptors (Lipinski definition) is 3. The van der Waals surface area contributed by atoms with Crippen LogP contribution < -0.4 is 5.73 Å². The predicted molar refractivity (Wildman–Crippen MR) is 68.7 cm³/mol. The normalized spacial score (nSPS) is 19.7. The molecule has 0 aromatic carbocycles. The van der Waals surface area contributed by atoms with Gasteiger partial charge in [-0.05, 0) is 37.6 Å². The number of piperidine rings is 1. The van der Waals surface area contributed by atoms with Crippen molar-refractivity contribution in [3.05, 3.63) is 29.8 Å². The highest BCUT2D eigenvalue weighted by Gasteiger charge is 2.32. The molecule has 1 aromatic rings. The van der Waals surface area contributed by atoms with Gasteiger partial charge in [-0.25, -0.2) is 4.39 Å². The van der Waals surface area contributed by atoms with Crippen molar-refractivity contribution < 1.29 is 4.39 Å². The van der Waals surface area contributed by atoms with Crippen molar-refractivity contribution in [2.45, 2.75) is 26.3 Å². The van der Waals surface area contributed by atoms with E-state index in [9.17, 15) is 4.39 Å². The molecule has 0 atom stereocenters. The molecular weight excluding hydrogens is 231 g/mol. The summed E-state index contributed by atoms with van der Waals surface area (Å²) in [6, 6.07) is 1.52. The van der Waals surface area contributed by atoms with Crippen LogP contribution >= 0.6 is 0 Å². The minimum atomic E-state index is -0.293. The van der Waals surface area contributed by atoms with E-state index in [4.69, 9.17) is 11.1 Å². The van der Waals surface area contributed by atoms with Crippen molar-refractivity contribution in [1.29, 1.82) is 5.41 Å². The highest BCUT2D eigenvalue weighted by atomic mass is 19.1. The Bertz CT molecular complexity index is 438. The molecule has 1 fully saturated rings. The largest absolute Gasteiger partial charge is 0.387 e. The zero-order valence-electron chi connectivity index (χ0n) is 10.6. The number of aromatic nitrogens is 1. The van der Waals surface area contributed by atoms with Gasteiger partial charge in [0, 0.05) is 18.2 Å². The van der Waals surface area contributed by atoms with Gasteiger partial charge in [0.15, 0.2) is 0 Å². The highest BCUT2D eigenvalue weighted by Crippen LogP contribution is 2.31. The van der Waals surface area contributed by atoms with Gasteiger partial charge in [0.05, 0.1) is 12.0 Å². The molecule has 1 aliphatic heterocycles. The summed E-state index contributed by atoms with van der Waals surface area (Å²) in [7, 11) is 0. The SMILES string of the molecule is CC1(C(=N)N)CCN(Cc2cncc(F)c2)CC1. The Morgan fingerprint density at radius 3 is 2.72 bits per heavy atom. The van der Waals surface area contributed by atoms with Crippen LogP contribution in [0.2, 0.25) is 0 Å². The fraction of sp³-hybridized carbons (Fsp3) is 0.538. The molecular formula is C13H19FN4. The van der Waals surface area contributed by atoms with Crippen LogP contribution in [0.3, 0.4) is 0 Å². The summed E-state index contributed by atoms with van der Waals surface area (Å²) in [6.45, 7) is 4.51. The molecule has 3 N–H and O–H groups in total. The third-order valence-corrected chi connectivity index (χ3v) is 3.78. The van der Waals surface area contributed by atoms with Gasteiger partial charge in [-0.1, -0.05) is 6.92 Å². The van der Waals surface area contributed by atoms with Crippen LogP contribution in [0.25, 0.3) is 0 Å². The number of nitrogens with two attached hydrogens (primary N) is 1. The molecule has 2 heterocycles. The first-order valence-electron chi connectivity index (χ1n) is 6.16. The van der Waals surface area contributed by atoms with Gasteiger partial charge in [0.2, 0.25) is 0 Å². The predicted octanol–water partition coefficient (Wildman–Crippen LogP) is 1.76. The second-order valence-corrected chi connectivity index (χ2v) is 5.26. The van der Waals surface area contributed by atoms with E-state index in [0.717, 1.165) is 31.5 Å². The Morgan fingerprint density at radius 1 is 1.50 bits per heavy atom. The fourth-order valence-electron chi connectivity index (χ4n) is 2.27. The molecule has 4 nitrogen and oxygen atoms in total. The molecule has 0 aliphatic carbocycles. The van der Waals surface area contributed by atoms with E-state index < -0.39 is 0 Å². The quantitative estimate of drug-likeness (QED) is 0.634. The first-order valence-corrected chi connectivity index (χ1v) is 6.16. The lowest BCUT2D eigenvalue weighted by atomic mass is 9.79. The Kier molecular flexibility index (Phi) is 3.61. The molecule has 98 valence electrons. The van der Waals surface area contributed by atoms with Gasteiger partial charge in [-0.15, -0.1) is 0 Å². The van der Waals surface area contributed by atoms with Gasteiger partial charge in [0.1, 0.15) is 5.82 Å². The number of pyridine rings is 1. The maximum absolute atomic E-state index is 13.0. The molecule has 5 heteroatoms. The van der Waals surface area contributed by atoms with Gasteiger partial charge in [-0.3, -0.25) is 15.3 Å². The van der Waals surface area contributed by atoms with E-state index in [2.05, 4.69) is 9.88 Å². The molecule has 1 aliphatic rings. The summed E-state index contributed by atoms with van der Waals surface area (Å²) in [5.74, 6) is -0.0207. The van der Waals surface area contributed by atoms with E-state index in [1.807, 2.05) is 6.92 Å². The number of rotatable bonds is 3. The van der Waals surface area contributed by atoms with Gasteiger partial charge in [0.25, 0.3) is 0 Å². The number of amidine groups is 1. The van der Waals surface area contributed by atoms with Crippen molar-refractivity contribution in [3.8, 4) is 0 Å². The topological polar surface area (TPSA) is 66.0 Å². The standard InChI is InChI=1S/C13H19FN4/c1-13(12(15)16)2-4-18(5-3-13)9-10-6-11(14)8-17-7-10/h6-8H,2-5,9H2,1H3,(H3,15,16). The molecule has 0 unspecified atom stereocenters. The average molecular weight is 250 g/mol. The molecule has 0 amide bonds. The molecule has 18 heavy (non-hydrogen) atoms. The lowest BCUT2D eigenvalue weighted by Crippen LogP contribution is -2.44. The summed E-state index contributed by atoms with van der Waals surface area (Å²) >= 11 is 0. The molecule has 1 aromatic heterocycles. The third-order valence-electron chi connectivity index (χ3n) is 3.78. The van der Waals surface area contributed by atoms with Gasteiger partial charge in [-0.2, -0.15) is 0 Å². The van der Waals surface area contributed by atoms with Crippen LogP contribution in [-0.4, -0.2) is 28.8 Å². The van der Waals surface area contributed by atoms with Crippen molar-refractivity contribution in [3.63, 3.8) is 0 Å². The maximum Gasteiger partial charge on any atom is 0.141 e. The molecule has 0 radical (unpaired) electrons. The van der Waals surface area contributed by atoms with Crippen LogP contribution in [0, 0.1) is 16.6 Å². The van der Waals surface area contributed by atoms with Crippen molar-refractivity contribution in [2.24, 2.45) is 11.1 Å². The zero-order chi connectivity index (χ0) is 13.2. The van der Waals surface area contributed by atoms with Crippen LogP contribution in [0.1, 0.15) is 25.3 Å². The molecule has 0 bridgehead atoms. The van der Waals surface area contributed by atoms with Crippen LogP contribution in [-0.2, 0) is 6.54 Å². The lowest BCUT2D eigenvalue weighted by Gasteiger charge is -2.38. The molecule has 2 rings (SSSR count). The lowest BCUT2D eigenvalue weighted by molar-refractivity contribution is 0.155. The molecule has 1 saturated heterocycles. The molecule has 0 saturated carbocycles. The van der Waals surface area contributed by atoms with Gasteiger partial charge >= 0.3 is 0 Å². The van der Waals surface area contributed by atoms with Crippen LogP contribution in [0.4, 0.5) is 4.39 Å². The Hall–Kier alpha value is -1.49. The first-order chi connectivity index (χ1) is 8.49. The van der Waals surface area contributed by atoms with E-state index in [1.54, 1.807) is 6.20 Å². The maximum atomic E-state index is 13.0. The summed E-state index contributed by atoms with van der Waals surface area (Å²) < 4.78 is 13.0. The Balaban J connectivity index is 1.93. The molecule has 0 spiro atoms. The number of likely N-dealkylation sites (tertiary alicyclic amines) is 1. The smallest absolute Gasteiger partial charge is 0.141 e. The second kappa shape index (κ2) is 5.02.